The minimum Gasteiger partial charge on any atom is -0.480 e. The Morgan fingerprint density at radius 2 is 1.92 bits per heavy atom. The van der Waals surface area contributed by atoms with Crippen molar-refractivity contribution in [3.63, 3.8) is 0 Å². The fraction of sp³-hybridized carbons (Fsp3) is 0.294. The summed E-state index contributed by atoms with van der Waals surface area (Å²) in [5.74, 6) is -1.81. The van der Waals surface area contributed by atoms with Gasteiger partial charge in [0.05, 0.1) is 0 Å². The summed E-state index contributed by atoms with van der Waals surface area (Å²) in [5.41, 5.74) is 0.394. The molecule has 0 aromatic heterocycles. The molecule has 0 heterocycles. The van der Waals surface area contributed by atoms with Gasteiger partial charge < -0.3 is 15.7 Å². The number of carbonyl (C=O) groups is 2. The number of nitrogens with one attached hydrogen (secondary N) is 2. The Bertz CT molecular complexity index is 730. The summed E-state index contributed by atoms with van der Waals surface area (Å²) < 4.78 is 0. The van der Waals surface area contributed by atoms with E-state index in [1.165, 1.54) is 6.20 Å². The molecule has 1 rings (SSSR count). The molecule has 8 heteroatoms. The van der Waals surface area contributed by atoms with Crippen LogP contribution in [0, 0.1) is 27.9 Å². The molecule has 0 aliphatic carbocycles. The van der Waals surface area contributed by atoms with Crippen molar-refractivity contribution in [2.45, 2.75) is 31.2 Å². The van der Waals surface area contributed by atoms with E-state index in [1.54, 1.807) is 30.3 Å². The first-order valence-corrected chi connectivity index (χ1v) is 8.25. The number of carbonyl (C=O) groups excluding carboxylic acids is 1. The van der Waals surface area contributed by atoms with Crippen molar-refractivity contribution in [3.8, 4) is 11.5 Å². The van der Waals surface area contributed by atoms with Gasteiger partial charge in [-0.25, -0.2) is 4.79 Å². The minimum atomic E-state index is -1.14. The number of amides is 1. The van der Waals surface area contributed by atoms with Gasteiger partial charge in [-0.3, -0.25) is 4.79 Å². The van der Waals surface area contributed by atoms with Crippen LogP contribution >= 0.6 is 11.8 Å². The second kappa shape index (κ2) is 10.0. The molecule has 1 aromatic rings. The predicted molar refractivity (Wildman–Crippen MR) is 94.3 cm³/mol. The van der Waals surface area contributed by atoms with E-state index >= 15 is 0 Å². The molecule has 0 radical (unpaired) electrons. The van der Waals surface area contributed by atoms with E-state index in [-0.39, 0.29) is 17.9 Å². The fourth-order valence-corrected chi connectivity index (χ4v) is 2.28. The van der Waals surface area contributed by atoms with Gasteiger partial charge in [0.1, 0.15) is 23.1 Å². The molecule has 0 fully saturated rings. The van der Waals surface area contributed by atoms with Crippen molar-refractivity contribution in [1.29, 1.82) is 10.5 Å². The number of rotatable bonds is 8. The van der Waals surface area contributed by atoms with Gasteiger partial charge in [-0.05, 0) is 48.4 Å². The Morgan fingerprint density at radius 1 is 1.28 bits per heavy atom. The third kappa shape index (κ3) is 6.98. The summed E-state index contributed by atoms with van der Waals surface area (Å²) in [5, 5.41) is 34.0. The van der Waals surface area contributed by atoms with Crippen LogP contribution in [0.2, 0.25) is 0 Å². The van der Waals surface area contributed by atoms with Crippen LogP contribution in [0.25, 0.3) is 0 Å². The van der Waals surface area contributed by atoms with Gasteiger partial charge in [-0.1, -0.05) is 13.8 Å². The number of carboxylic acids is 1. The Hall–Kier alpha value is -2.97. The van der Waals surface area contributed by atoms with Crippen LogP contribution in [0.4, 0.5) is 5.69 Å². The van der Waals surface area contributed by atoms with Crippen LogP contribution in [-0.4, -0.2) is 23.0 Å². The van der Waals surface area contributed by atoms with Crippen molar-refractivity contribution in [1.82, 2.24) is 5.32 Å². The summed E-state index contributed by atoms with van der Waals surface area (Å²) >= 11 is 1.02. The normalized spacial score (nSPS) is 12.0. The summed E-state index contributed by atoms with van der Waals surface area (Å²) in [6, 6.07) is 7.53. The first kappa shape index (κ1) is 20.1. The molecule has 0 aliphatic rings. The zero-order chi connectivity index (χ0) is 18.8. The Kier molecular flexibility index (Phi) is 8.04. The third-order valence-corrected chi connectivity index (χ3v) is 3.68. The molecule has 1 aromatic carbocycles. The molecule has 0 spiro atoms. The SMILES string of the molecule is CC(C)CC(NC(=O)/C(C#N)=C\Nc1ccc(SC#N)cc1)C(=O)O. The summed E-state index contributed by atoms with van der Waals surface area (Å²) in [6.45, 7) is 3.69. The number of thioether (sulfide) groups is 1. The minimum absolute atomic E-state index is 0.0823. The van der Waals surface area contributed by atoms with Gasteiger partial charge in [-0.2, -0.15) is 10.5 Å². The quantitative estimate of drug-likeness (QED) is 0.282. The maximum Gasteiger partial charge on any atom is 0.326 e. The summed E-state index contributed by atoms with van der Waals surface area (Å²) in [4.78, 5) is 24.0. The van der Waals surface area contributed by atoms with E-state index in [1.807, 2.05) is 19.2 Å². The van der Waals surface area contributed by atoms with Crippen molar-refractivity contribution < 1.29 is 14.7 Å². The standard InChI is InChI=1S/C17H18N4O3S/c1-11(2)7-15(17(23)24)21-16(22)12(8-18)9-20-13-3-5-14(6-4-13)25-10-19/h3-6,9,11,15,20H,7H2,1-2H3,(H,21,22)(H,23,24)/b12-9-. The highest BCUT2D eigenvalue weighted by molar-refractivity contribution is 8.03. The molecule has 0 saturated heterocycles. The van der Waals surface area contributed by atoms with Gasteiger partial charge in [0.25, 0.3) is 5.91 Å². The maximum absolute atomic E-state index is 12.1. The van der Waals surface area contributed by atoms with Crippen LogP contribution in [0.5, 0.6) is 0 Å². The predicted octanol–water partition coefficient (Wildman–Crippen LogP) is 2.69. The molecular weight excluding hydrogens is 340 g/mol. The topological polar surface area (TPSA) is 126 Å². The Labute approximate surface area is 150 Å². The van der Waals surface area contributed by atoms with Gasteiger partial charge in [0, 0.05) is 16.8 Å². The zero-order valence-corrected chi connectivity index (χ0v) is 14.6. The number of aliphatic carboxylic acids is 1. The molecule has 1 atom stereocenters. The number of thiocyanates is 1. The number of benzene rings is 1. The van der Waals surface area contributed by atoms with E-state index < -0.39 is 17.9 Å². The Balaban J connectivity index is 2.77. The molecule has 7 nitrogen and oxygen atoms in total. The highest BCUT2D eigenvalue weighted by Crippen LogP contribution is 2.19. The first-order valence-electron chi connectivity index (χ1n) is 7.43. The van der Waals surface area contributed by atoms with Crippen LogP contribution < -0.4 is 10.6 Å². The smallest absolute Gasteiger partial charge is 0.326 e. The molecule has 1 amide bonds. The molecule has 1 unspecified atom stereocenters. The monoisotopic (exact) mass is 358 g/mol. The number of carboxylic acid groups (broad SMARTS) is 1. The molecule has 0 bridgehead atoms. The van der Waals surface area contributed by atoms with Gasteiger partial charge in [0.15, 0.2) is 0 Å². The highest BCUT2D eigenvalue weighted by Gasteiger charge is 2.22. The zero-order valence-electron chi connectivity index (χ0n) is 13.8. The average Bonchev–Trinajstić information content (AvgIpc) is 2.56. The molecule has 3 N–H and O–H groups in total. The largest absolute Gasteiger partial charge is 0.480 e. The maximum atomic E-state index is 12.1. The number of hydrogen-bond acceptors (Lipinski definition) is 6. The van der Waals surface area contributed by atoms with E-state index in [0.29, 0.717) is 5.69 Å². The molecular formula is C17H18N4O3S. The van der Waals surface area contributed by atoms with E-state index in [9.17, 15) is 9.59 Å². The van der Waals surface area contributed by atoms with E-state index in [2.05, 4.69) is 10.6 Å². The second-order valence-electron chi connectivity index (χ2n) is 5.53. The second-order valence-corrected chi connectivity index (χ2v) is 6.38. The molecule has 130 valence electrons. The lowest BCUT2D eigenvalue weighted by Crippen LogP contribution is -2.42. The lowest BCUT2D eigenvalue weighted by atomic mass is 10.0. The average molecular weight is 358 g/mol. The molecule has 25 heavy (non-hydrogen) atoms. The van der Waals surface area contributed by atoms with Crippen molar-refractivity contribution in [2.75, 3.05) is 5.32 Å². The third-order valence-electron chi connectivity index (χ3n) is 3.08. The number of anilines is 1. The number of nitriles is 2. The van der Waals surface area contributed by atoms with Crippen molar-refractivity contribution in [2.24, 2.45) is 5.92 Å². The summed E-state index contributed by atoms with van der Waals surface area (Å²) in [6.07, 6.45) is 1.49. The van der Waals surface area contributed by atoms with Crippen LogP contribution in [-0.2, 0) is 9.59 Å². The van der Waals surface area contributed by atoms with Gasteiger partial charge in [0.2, 0.25) is 0 Å². The molecule has 0 aliphatic heterocycles. The van der Waals surface area contributed by atoms with Crippen molar-refractivity contribution >= 4 is 29.3 Å². The summed E-state index contributed by atoms with van der Waals surface area (Å²) in [7, 11) is 0. The fourth-order valence-electron chi connectivity index (χ4n) is 1.90. The van der Waals surface area contributed by atoms with Crippen LogP contribution in [0.3, 0.4) is 0 Å². The lowest BCUT2D eigenvalue weighted by Gasteiger charge is -2.16. The van der Waals surface area contributed by atoms with E-state index in [4.69, 9.17) is 15.6 Å². The van der Waals surface area contributed by atoms with Gasteiger partial charge in [-0.15, -0.1) is 0 Å². The van der Waals surface area contributed by atoms with Crippen LogP contribution in [0.15, 0.2) is 40.9 Å². The first-order chi connectivity index (χ1) is 11.9. The van der Waals surface area contributed by atoms with Gasteiger partial charge >= 0.3 is 5.97 Å². The van der Waals surface area contributed by atoms with Crippen molar-refractivity contribution in [3.05, 3.63) is 36.0 Å². The number of hydrogen-bond donors (Lipinski definition) is 3. The highest BCUT2D eigenvalue weighted by atomic mass is 32.2. The Morgan fingerprint density at radius 3 is 2.40 bits per heavy atom. The lowest BCUT2D eigenvalue weighted by molar-refractivity contribution is -0.141. The van der Waals surface area contributed by atoms with E-state index in [0.717, 1.165) is 16.7 Å². The van der Waals surface area contributed by atoms with Crippen LogP contribution in [0.1, 0.15) is 20.3 Å². The molecule has 0 saturated carbocycles. The number of nitrogens with zero attached hydrogens (tertiary/aromatic N) is 2.